The number of hydrogen-bond acceptors (Lipinski definition) is 5. The first-order valence-corrected chi connectivity index (χ1v) is 6.76. The first-order chi connectivity index (χ1) is 10.2. The molecule has 0 saturated carbocycles. The smallest absolute Gasteiger partial charge is 0.173 e. The van der Waals surface area contributed by atoms with E-state index in [1.165, 1.54) is 0 Å². The minimum absolute atomic E-state index is 0.0498. The Morgan fingerprint density at radius 3 is 2.81 bits per heavy atom. The Morgan fingerprint density at radius 2 is 2.14 bits per heavy atom. The molecule has 0 aliphatic rings. The molecule has 0 bridgehead atoms. The number of oxime groups is 1. The summed E-state index contributed by atoms with van der Waals surface area (Å²) in [5, 5.41) is 12.0. The first-order valence-electron chi connectivity index (χ1n) is 6.76. The maximum absolute atomic E-state index is 8.90. The summed E-state index contributed by atoms with van der Waals surface area (Å²) in [4.78, 5) is 10.9. The Bertz CT molecular complexity index is 641. The molecule has 0 saturated heterocycles. The number of pyridine rings is 2. The van der Waals surface area contributed by atoms with Crippen LogP contribution < -0.4 is 10.6 Å². The van der Waals surface area contributed by atoms with Gasteiger partial charge in [0.25, 0.3) is 0 Å². The highest BCUT2D eigenvalue weighted by atomic mass is 16.4. The molecule has 110 valence electrons. The van der Waals surface area contributed by atoms with E-state index in [0.717, 1.165) is 17.9 Å². The summed E-state index contributed by atoms with van der Waals surface area (Å²) < 4.78 is 0. The monoisotopic (exact) mass is 285 g/mol. The molecule has 2 rings (SSSR count). The van der Waals surface area contributed by atoms with E-state index in [9.17, 15) is 0 Å². The maximum Gasteiger partial charge on any atom is 0.173 e. The Hall–Kier alpha value is -2.63. The summed E-state index contributed by atoms with van der Waals surface area (Å²) in [6.07, 6.45) is 1.69. The number of nitrogens with two attached hydrogens (primary N) is 1. The van der Waals surface area contributed by atoms with Crippen LogP contribution in [-0.4, -0.2) is 27.6 Å². The number of rotatable bonds is 5. The van der Waals surface area contributed by atoms with Crippen molar-refractivity contribution >= 4 is 11.7 Å². The van der Waals surface area contributed by atoms with Crippen LogP contribution in [0, 0.1) is 6.92 Å². The van der Waals surface area contributed by atoms with Crippen LogP contribution in [0.25, 0.3) is 0 Å². The summed E-state index contributed by atoms with van der Waals surface area (Å²) in [7, 11) is 0. The van der Waals surface area contributed by atoms with Crippen LogP contribution in [0.3, 0.4) is 0 Å². The zero-order chi connectivity index (χ0) is 15.2. The van der Waals surface area contributed by atoms with E-state index in [1.807, 2.05) is 36.9 Å². The molecule has 6 nitrogen and oxygen atoms in total. The lowest BCUT2D eigenvalue weighted by Gasteiger charge is -2.23. The Labute approximate surface area is 123 Å². The third-order valence-electron chi connectivity index (χ3n) is 3.15. The number of hydrogen-bond donors (Lipinski definition) is 2. The SMILES string of the molecule is CCN(Cc1cccc(C)n1)c1ncccc1/C(N)=N/O. The maximum atomic E-state index is 8.90. The molecular formula is C15H19N5O. The van der Waals surface area contributed by atoms with Gasteiger partial charge in [0, 0.05) is 18.4 Å². The van der Waals surface area contributed by atoms with Gasteiger partial charge in [-0.2, -0.15) is 0 Å². The summed E-state index contributed by atoms with van der Waals surface area (Å²) in [6, 6.07) is 9.46. The molecule has 0 aromatic carbocycles. The highest BCUT2D eigenvalue weighted by Gasteiger charge is 2.15. The van der Waals surface area contributed by atoms with Gasteiger partial charge in [0.1, 0.15) is 5.82 Å². The van der Waals surface area contributed by atoms with Gasteiger partial charge in [0.05, 0.1) is 17.8 Å². The molecule has 0 amide bonds. The molecule has 0 radical (unpaired) electrons. The molecule has 2 aromatic heterocycles. The highest BCUT2D eigenvalue weighted by molar-refractivity contribution is 6.01. The minimum atomic E-state index is 0.0498. The van der Waals surface area contributed by atoms with Crippen molar-refractivity contribution in [2.45, 2.75) is 20.4 Å². The van der Waals surface area contributed by atoms with Crippen molar-refractivity contribution in [2.24, 2.45) is 10.9 Å². The van der Waals surface area contributed by atoms with Gasteiger partial charge in [0.2, 0.25) is 0 Å². The summed E-state index contributed by atoms with van der Waals surface area (Å²) in [6.45, 7) is 5.34. The predicted octanol–water partition coefficient (Wildman–Crippen LogP) is 1.91. The van der Waals surface area contributed by atoms with Gasteiger partial charge in [-0.3, -0.25) is 4.98 Å². The fraction of sp³-hybridized carbons (Fsp3) is 0.267. The molecule has 21 heavy (non-hydrogen) atoms. The second-order valence-electron chi connectivity index (χ2n) is 4.64. The van der Waals surface area contributed by atoms with Crippen molar-refractivity contribution in [3.05, 3.63) is 53.5 Å². The van der Waals surface area contributed by atoms with E-state index < -0.39 is 0 Å². The quantitative estimate of drug-likeness (QED) is 0.379. The molecule has 0 fully saturated rings. The topological polar surface area (TPSA) is 87.6 Å². The standard InChI is InChI=1S/C15H19N5O/c1-3-20(10-12-7-4-6-11(2)18-12)15-13(14(16)19-21)8-5-9-17-15/h4-9,21H,3,10H2,1-2H3,(H2,16,19). The number of nitrogens with zero attached hydrogens (tertiary/aromatic N) is 4. The van der Waals surface area contributed by atoms with E-state index in [-0.39, 0.29) is 5.84 Å². The Morgan fingerprint density at radius 1 is 1.33 bits per heavy atom. The van der Waals surface area contributed by atoms with Crippen LogP contribution in [-0.2, 0) is 6.54 Å². The van der Waals surface area contributed by atoms with E-state index in [4.69, 9.17) is 10.9 Å². The highest BCUT2D eigenvalue weighted by Crippen LogP contribution is 2.19. The van der Waals surface area contributed by atoms with E-state index in [0.29, 0.717) is 17.9 Å². The van der Waals surface area contributed by atoms with Gasteiger partial charge in [-0.15, -0.1) is 0 Å². The van der Waals surface area contributed by atoms with Crippen molar-refractivity contribution < 1.29 is 5.21 Å². The van der Waals surface area contributed by atoms with Gasteiger partial charge in [0.15, 0.2) is 5.84 Å². The van der Waals surface area contributed by atoms with Crippen molar-refractivity contribution in [1.82, 2.24) is 9.97 Å². The zero-order valence-electron chi connectivity index (χ0n) is 12.2. The van der Waals surface area contributed by atoms with Gasteiger partial charge in [-0.05, 0) is 38.1 Å². The molecule has 0 unspecified atom stereocenters. The fourth-order valence-electron chi connectivity index (χ4n) is 2.12. The molecule has 6 heteroatoms. The average Bonchev–Trinajstić information content (AvgIpc) is 2.52. The average molecular weight is 285 g/mol. The number of amidine groups is 1. The number of aromatic nitrogens is 2. The van der Waals surface area contributed by atoms with Crippen molar-refractivity contribution in [1.29, 1.82) is 0 Å². The van der Waals surface area contributed by atoms with E-state index in [2.05, 4.69) is 15.1 Å². The summed E-state index contributed by atoms with van der Waals surface area (Å²) in [5.74, 6) is 0.729. The number of aryl methyl sites for hydroxylation is 1. The van der Waals surface area contributed by atoms with Gasteiger partial charge >= 0.3 is 0 Å². The third-order valence-corrected chi connectivity index (χ3v) is 3.15. The molecule has 0 atom stereocenters. The fourth-order valence-corrected chi connectivity index (χ4v) is 2.12. The molecule has 0 spiro atoms. The second kappa shape index (κ2) is 6.69. The second-order valence-corrected chi connectivity index (χ2v) is 4.64. The largest absolute Gasteiger partial charge is 0.409 e. The van der Waals surface area contributed by atoms with Gasteiger partial charge < -0.3 is 15.8 Å². The molecule has 0 aliphatic carbocycles. The number of anilines is 1. The molecular weight excluding hydrogens is 266 g/mol. The lowest BCUT2D eigenvalue weighted by atomic mass is 10.2. The molecule has 2 heterocycles. The van der Waals surface area contributed by atoms with Crippen LogP contribution in [0.5, 0.6) is 0 Å². The van der Waals surface area contributed by atoms with Crippen LogP contribution in [0.2, 0.25) is 0 Å². The summed E-state index contributed by atoms with van der Waals surface area (Å²) in [5.41, 5.74) is 8.25. The Kier molecular flexibility index (Phi) is 4.71. The third kappa shape index (κ3) is 3.47. The van der Waals surface area contributed by atoms with Crippen LogP contribution in [0.4, 0.5) is 5.82 Å². The molecule has 3 N–H and O–H groups in total. The molecule has 0 aliphatic heterocycles. The van der Waals surface area contributed by atoms with Crippen molar-refractivity contribution in [2.75, 3.05) is 11.4 Å². The van der Waals surface area contributed by atoms with Crippen LogP contribution in [0.15, 0.2) is 41.7 Å². The predicted molar refractivity (Wildman–Crippen MR) is 82.4 cm³/mol. The van der Waals surface area contributed by atoms with E-state index >= 15 is 0 Å². The van der Waals surface area contributed by atoms with E-state index in [1.54, 1.807) is 18.3 Å². The summed E-state index contributed by atoms with van der Waals surface area (Å²) >= 11 is 0. The lowest BCUT2D eigenvalue weighted by Crippen LogP contribution is -2.27. The minimum Gasteiger partial charge on any atom is -0.409 e. The van der Waals surface area contributed by atoms with Gasteiger partial charge in [-0.25, -0.2) is 4.98 Å². The lowest BCUT2D eigenvalue weighted by molar-refractivity contribution is 0.318. The van der Waals surface area contributed by atoms with Crippen LogP contribution in [0.1, 0.15) is 23.9 Å². The van der Waals surface area contributed by atoms with Crippen molar-refractivity contribution in [3.63, 3.8) is 0 Å². The van der Waals surface area contributed by atoms with Crippen LogP contribution >= 0.6 is 0 Å². The first kappa shape index (κ1) is 14.8. The van der Waals surface area contributed by atoms with Gasteiger partial charge in [-0.1, -0.05) is 11.2 Å². The normalized spacial score (nSPS) is 11.4. The van der Waals surface area contributed by atoms with Crippen molar-refractivity contribution in [3.8, 4) is 0 Å². The zero-order valence-corrected chi connectivity index (χ0v) is 12.2. The molecule has 2 aromatic rings. The Balaban J connectivity index is 2.34.